The number of nitro groups is 2. The first-order chi connectivity index (χ1) is 14.2. The molecule has 0 saturated heterocycles. The van der Waals surface area contributed by atoms with E-state index in [1.165, 1.54) is 60.7 Å². The van der Waals surface area contributed by atoms with Gasteiger partial charge in [-0.25, -0.2) is 0 Å². The molecule has 0 unspecified atom stereocenters. The maximum Gasteiger partial charge on any atom is 0.283 e. The molecule has 8 nitrogen and oxygen atoms in total. The highest BCUT2D eigenvalue weighted by Gasteiger charge is 2.20. The van der Waals surface area contributed by atoms with Crippen molar-refractivity contribution in [2.45, 2.75) is 0 Å². The topological polar surface area (TPSA) is 120 Å². The molecule has 0 aromatic heterocycles. The molecule has 0 amide bonds. The molecule has 0 aliphatic rings. The third kappa shape index (κ3) is 4.53. The highest BCUT2D eigenvalue weighted by Crippen LogP contribution is 2.25. The van der Waals surface area contributed by atoms with Crippen molar-refractivity contribution >= 4 is 68.1 Å². The Bertz CT molecular complexity index is 1130. The second-order valence-corrected chi connectivity index (χ2v) is 8.41. The van der Waals surface area contributed by atoms with E-state index >= 15 is 0 Å². The Hall–Kier alpha value is -2.74. The first-order valence-corrected chi connectivity index (χ1v) is 10.4. The van der Waals surface area contributed by atoms with Crippen LogP contribution in [0.5, 0.6) is 0 Å². The van der Waals surface area contributed by atoms with Crippen molar-refractivity contribution in [2.75, 3.05) is 0 Å². The minimum Gasteiger partial charge on any atom is -0.289 e. The standard InChI is InChI=1S/C20H10I2N2O6/c21-15-6-4-13(9-17(15)23(27)28)19(25)11-2-1-3-12(8-11)20(26)14-5-7-16(22)18(10-14)24(29)30/h1-10H. The fourth-order valence-corrected chi connectivity index (χ4v) is 3.79. The molecule has 10 heteroatoms. The predicted octanol–water partition coefficient (Wildman–Crippen LogP) is 5.17. The molecule has 3 aromatic rings. The molecule has 0 heterocycles. The molecule has 3 rings (SSSR count). The number of ketones is 2. The third-order valence-electron chi connectivity index (χ3n) is 4.20. The van der Waals surface area contributed by atoms with Gasteiger partial charge in [0, 0.05) is 34.4 Å². The minimum atomic E-state index is -0.567. The zero-order valence-electron chi connectivity index (χ0n) is 14.9. The summed E-state index contributed by atoms with van der Waals surface area (Å²) in [6.07, 6.45) is 0. The predicted molar refractivity (Wildman–Crippen MR) is 125 cm³/mol. The zero-order chi connectivity index (χ0) is 22.0. The molecule has 0 atom stereocenters. The van der Waals surface area contributed by atoms with E-state index in [4.69, 9.17) is 0 Å². The van der Waals surface area contributed by atoms with Gasteiger partial charge in [0.25, 0.3) is 11.4 Å². The molecule has 0 spiro atoms. The lowest BCUT2D eigenvalue weighted by molar-refractivity contribution is -0.386. The number of halogens is 2. The molecular formula is C20H10I2N2O6. The Morgan fingerprint density at radius 2 is 1.00 bits per heavy atom. The lowest BCUT2D eigenvalue weighted by Gasteiger charge is -2.06. The number of hydrogen-bond acceptors (Lipinski definition) is 6. The summed E-state index contributed by atoms with van der Waals surface area (Å²) in [7, 11) is 0. The minimum absolute atomic E-state index is 0.122. The second kappa shape index (κ2) is 8.95. The number of hydrogen-bond donors (Lipinski definition) is 0. The van der Waals surface area contributed by atoms with Crippen LogP contribution in [0.4, 0.5) is 11.4 Å². The smallest absolute Gasteiger partial charge is 0.283 e. The van der Waals surface area contributed by atoms with Crippen molar-refractivity contribution < 1.29 is 19.4 Å². The fraction of sp³-hybridized carbons (Fsp3) is 0. The Morgan fingerprint density at radius 3 is 1.37 bits per heavy atom. The first kappa shape index (κ1) is 22.0. The van der Waals surface area contributed by atoms with Gasteiger partial charge < -0.3 is 0 Å². The quantitative estimate of drug-likeness (QED) is 0.161. The van der Waals surface area contributed by atoms with Gasteiger partial charge in [0.05, 0.1) is 17.0 Å². The maximum atomic E-state index is 12.8. The van der Waals surface area contributed by atoms with Crippen LogP contribution in [-0.4, -0.2) is 21.4 Å². The van der Waals surface area contributed by atoms with Crippen molar-refractivity contribution in [1.29, 1.82) is 0 Å². The van der Waals surface area contributed by atoms with Crippen LogP contribution in [0.3, 0.4) is 0 Å². The number of rotatable bonds is 6. The molecule has 0 aliphatic carbocycles. The van der Waals surface area contributed by atoms with E-state index in [2.05, 4.69) is 0 Å². The van der Waals surface area contributed by atoms with E-state index < -0.39 is 21.4 Å². The number of carbonyl (C=O) groups is 2. The lowest BCUT2D eigenvalue weighted by atomic mass is 9.97. The molecule has 3 aromatic carbocycles. The second-order valence-electron chi connectivity index (χ2n) is 6.09. The third-order valence-corrected chi connectivity index (χ3v) is 6.02. The van der Waals surface area contributed by atoms with E-state index in [1.807, 2.05) is 45.2 Å². The van der Waals surface area contributed by atoms with Gasteiger partial charge in [-0.1, -0.05) is 18.2 Å². The highest BCUT2D eigenvalue weighted by molar-refractivity contribution is 14.1. The molecule has 0 bridgehead atoms. The number of carbonyl (C=O) groups excluding carboxylic acids is 2. The molecule has 0 aliphatic heterocycles. The Kier molecular flexibility index (Phi) is 6.55. The monoisotopic (exact) mass is 628 g/mol. The van der Waals surface area contributed by atoms with Gasteiger partial charge in [-0.3, -0.25) is 29.8 Å². The van der Waals surface area contributed by atoms with Crippen molar-refractivity contribution in [3.05, 3.63) is 110 Å². The van der Waals surface area contributed by atoms with Crippen LogP contribution in [0.25, 0.3) is 0 Å². The summed E-state index contributed by atoms with van der Waals surface area (Å²) in [5.74, 6) is -0.949. The van der Waals surface area contributed by atoms with E-state index in [1.54, 1.807) is 0 Å². The largest absolute Gasteiger partial charge is 0.289 e. The van der Waals surface area contributed by atoms with Crippen molar-refractivity contribution in [2.24, 2.45) is 0 Å². The zero-order valence-corrected chi connectivity index (χ0v) is 19.2. The molecule has 150 valence electrons. The van der Waals surface area contributed by atoms with Gasteiger partial charge in [-0.2, -0.15) is 0 Å². The van der Waals surface area contributed by atoms with Crippen LogP contribution in [0.15, 0.2) is 60.7 Å². The average Bonchev–Trinajstić information content (AvgIpc) is 2.73. The van der Waals surface area contributed by atoms with Gasteiger partial charge >= 0.3 is 0 Å². The van der Waals surface area contributed by atoms with Crippen molar-refractivity contribution in [3.8, 4) is 0 Å². The van der Waals surface area contributed by atoms with E-state index in [9.17, 15) is 29.8 Å². The average molecular weight is 628 g/mol. The summed E-state index contributed by atoms with van der Waals surface area (Å²) in [6, 6.07) is 14.2. The summed E-state index contributed by atoms with van der Waals surface area (Å²) in [6.45, 7) is 0. The van der Waals surface area contributed by atoms with Gasteiger partial charge in [0.15, 0.2) is 11.6 Å². The fourth-order valence-electron chi connectivity index (χ4n) is 2.72. The highest BCUT2D eigenvalue weighted by atomic mass is 127. The van der Waals surface area contributed by atoms with Gasteiger partial charge in [-0.15, -0.1) is 0 Å². The Morgan fingerprint density at radius 1 is 0.633 bits per heavy atom. The molecular weight excluding hydrogens is 618 g/mol. The number of nitro benzene ring substituents is 2. The summed E-state index contributed by atoms with van der Waals surface area (Å²) in [5, 5.41) is 22.3. The van der Waals surface area contributed by atoms with Gasteiger partial charge in [0.2, 0.25) is 0 Å². The molecule has 0 fully saturated rings. The normalized spacial score (nSPS) is 10.5. The number of nitrogens with zero attached hydrogens (tertiary/aromatic N) is 2. The van der Waals surface area contributed by atoms with Crippen LogP contribution in [-0.2, 0) is 0 Å². The van der Waals surface area contributed by atoms with Crippen LogP contribution in [0, 0.1) is 27.4 Å². The van der Waals surface area contributed by atoms with Crippen molar-refractivity contribution in [1.82, 2.24) is 0 Å². The summed E-state index contributed by atoms with van der Waals surface area (Å²) in [4.78, 5) is 46.7. The Balaban J connectivity index is 1.97. The molecule has 0 saturated carbocycles. The lowest BCUT2D eigenvalue weighted by Crippen LogP contribution is -2.07. The van der Waals surface area contributed by atoms with Crippen LogP contribution < -0.4 is 0 Å². The molecule has 0 N–H and O–H groups in total. The summed E-state index contributed by atoms with van der Waals surface area (Å²) in [5.41, 5.74) is 0.237. The summed E-state index contributed by atoms with van der Waals surface area (Å²) >= 11 is 3.63. The van der Waals surface area contributed by atoms with Crippen molar-refractivity contribution in [3.63, 3.8) is 0 Å². The Labute approximate surface area is 196 Å². The first-order valence-electron chi connectivity index (χ1n) is 8.26. The molecule has 0 radical (unpaired) electrons. The SMILES string of the molecule is O=C(c1cccc(C(=O)c2ccc(I)c([N+](=O)[O-])c2)c1)c1ccc(I)c([N+](=O)[O-])c1. The van der Waals surface area contributed by atoms with Crippen LogP contribution in [0.1, 0.15) is 31.8 Å². The van der Waals surface area contributed by atoms with Gasteiger partial charge in [-0.05, 0) is 75.5 Å². The van der Waals surface area contributed by atoms with Crippen LogP contribution in [0.2, 0.25) is 0 Å². The van der Waals surface area contributed by atoms with E-state index in [-0.39, 0.29) is 33.6 Å². The maximum absolute atomic E-state index is 12.8. The van der Waals surface area contributed by atoms with E-state index in [0.717, 1.165) is 0 Å². The molecule has 30 heavy (non-hydrogen) atoms. The van der Waals surface area contributed by atoms with Crippen LogP contribution >= 0.6 is 45.2 Å². The number of benzene rings is 3. The summed E-state index contributed by atoms with van der Waals surface area (Å²) < 4.78 is 0.803. The van der Waals surface area contributed by atoms with E-state index in [0.29, 0.717) is 7.14 Å². The van der Waals surface area contributed by atoms with Gasteiger partial charge in [0.1, 0.15) is 0 Å².